The molecule has 1 atom stereocenters. The minimum atomic E-state index is 0.0362. The normalized spacial score (nSPS) is 15.3. The molecule has 3 aromatic carbocycles. The summed E-state index contributed by atoms with van der Waals surface area (Å²) in [6, 6.07) is 20.5. The summed E-state index contributed by atoms with van der Waals surface area (Å²) in [5.41, 5.74) is 6.48. The van der Waals surface area contributed by atoms with E-state index >= 15 is 0 Å². The van der Waals surface area contributed by atoms with E-state index in [1.807, 2.05) is 47.4 Å². The standard InChI is InChI=1S/C32H35N3O3/c1-5-9-24-12-13-29(30(19-24)37-4)38-15-8-14-34-28-11-7-6-10-27(28)33-32(34)25-20-31(36)35(21-25)26-17-22(2)16-23(3)18-26/h5-7,10-13,16-19,25H,1,8-9,14-15,20-21H2,2-4H3. The van der Waals surface area contributed by atoms with Crippen molar-refractivity contribution in [3.8, 4) is 11.5 Å². The first-order valence-corrected chi connectivity index (χ1v) is 13.2. The van der Waals surface area contributed by atoms with Gasteiger partial charge in [0.1, 0.15) is 5.82 Å². The second-order valence-electron chi connectivity index (χ2n) is 10.0. The van der Waals surface area contributed by atoms with Gasteiger partial charge in [0.05, 0.1) is 24.8 Å². The summed E-state index contributed by atoms with van der Waals surface area (Å²) in [5, 5.41) is 0. The summed E-state index contributed by atoms with van der Waals surface area (Å²) in [7, 11) is 1.66. The van der Waals surface area contributed by atoms with Crippen LogP contribution in [0.1, 0.15) is 41.3 Å². The maximum Gasteiger partial charge on any atom is 0.227 e. The van der Waals surface area contributed by atoms with Crippen LogP contribution in [0, 0.1) is 13.8 Å². The SMILES string of the molecule is C=CCc1ccc(OCCCn2c(C3CC(=O)N(c4cc(C)cc(C)c4)C3)nc3ccccc32)c(OC)c1. The first-order valence-electron chi connectivity index (χ1n) is 13.2. The van der Waals surface area contributed by atoms with E-state index in [0.717, 1.165) is 70.1 Å². The van der Waals surface area contributed by atoms with Crippen LogP contribution in [-0.4, -0.2) is 35.7 Å². The van der Waals surface area contributed by atoms with Crippen LogP contribution in [0.25, 0.3) is 11.0 Å². The number of carbonyl (C=O) groups is 1. The molecule has 0 spiro atoms. The minimum Gasteiger partial charge on any atom is -0.493 e. The van der Waals surface area contributed by atoms with Crippen LogP contribution in [0.5, 0.6) is 11.5 Å². The highest BCUT2D eigenvalue weighted by Crippen LogP contribution is 2.34. The van der Waals surface area contributed by atoms with Gasteiger partial charge in [0, 0.05) is 31.1 Å². The summed E-state index contributed by atoms with van der Waals surface area (Å²) in [6.45, 7) is 9.88. The third-order valence-corrected chi connectivity index (χ3v) is 7.08. The molecule has 0 bridgehead atoms. The Morgan fingerprint density at radius 1 is 1.05 bits per heavy atom. The van der Waals surface area contributed by atoms with Crippen molar-refractivity contribution >= 4 is 22.6 Å². The number of nitrogens with zero attached hydrogens (tertiary/aromatic N) is 3. The Labute approximate surface area is 224 Å². The van der Waals surface area contributed by atoms with Crippen LogP contribution in [0.3, 0.4) is 0 Å². The Kier molecular flexibility index (Phi) is 7.50. The molecule has 1 aliphatic rings. The molecular formula is C32H35N3O3. The van der Waals surface area contributed by atoms with Crippen LogP contribution in [0.2, 0.25) is 0 Å². The Morgan fingerprint density at radius 2 is 1.84 bits per heavy atom. The van der Waals surface area contributed by atoms with Crippen molar-refractivity contribution < 1.29 is 14.3 Å². The number of benzene rings is 3. The molecule has 5 rings (SSSR count). The average molecular weight is 510 g/mol. The molecule has 1 unspecified atom stereocenters. The highest BCUT2D eigenvalue weighted by atomic mass is 16.5. The van der Waals surface area contributed by atoms with Crippen molar-refractivity contribution in [2.45, 2.75) is 45.6 Å². The molecular weight excluding hydrogens is 474 g/mol. The van der Waals surface area contributed by atoms with Crippen molar-refractivity contribution in [1.82, 2.24) is 9.55 Å². The van der Waals surface area contributed by atoms with Crippen LogP contribution < -0.4 is 14.4 Å². The van der Waals surface area contributed by atoms with Crippen molar-refractivity contribution in [3.05, 3.63) is 95.8 Å². The molecule has 6 heteroatoms. The van der Waals surface area contributed by atoms with E-state index in [9.17, 15) is 4.79 Å². The molecule has 1 amide bonds. The zero-order valence-electron chi connectivity index (χ0n) is 22.4. The minimum absolute atomic E-state index is 0.0362. The summed E-state index contributed by atoms with van der Waals surface area (Å²) in [6.07, 6.45) is 3.92. The number of carbonyl (C=O) groups excluding carboxylic acids is 1. The van der Waals surface area contributed by atoms with Gasteiger partial charge in [0.15, 0.2) is 11.5 Å². The van der Waals surface area contributed by atoms with Crippen LogP contribution >= 0.6 is 0 Å². The molecule has 0 N–H and O–H groups in total. The number of anilines is 1. The first kappa shape index (κ1) is 25.6. The van der Waals surface area contributed by atoms with E-state index < -0.39 is 0 Å². The maximum atomic E-state index is 13.1. The molecule has 0 aliphatic carbocycles. The molecule has 4 aromatic rings. The zero-order chi connectivity index (χ0) is 26.6. The van der Waals surface area contributed by atoms with Gasteiger partial charge in [-0.2, -0.15) is 0 Å². The number of aromatic nitrogens is 2. The monoisotopic (exact) mass is 509 g/mol. The fourth-order valence-electron chi connectivity index (χ4n) is 5.41. The zero-order valence-corrected chi connectivity index (χ0v) is 22.4. The molecule has 38 heavy (non-hydrogen) atoms. The molecule has 1 saturated heterocycles. The number of amides is 1. The molecule has 196 valence electrons. The molecule has 2 heterocycles. The highest BCUT2D eigenvalue weighted by molar-refractivity contribution is 5.96. The van der Waals surface area contributed by atoms with Gasteiger partial charge in [0.2, 0.25) is 5.91 Å². The number of ether oxygens (including phenoxy) is 2. The third kappa shape index (κ3) is 5.30. The Bertz CT molecular complexity index is 1450. The van der Waals surface area contributed by atoms with E-state index in [0.29, 0.717) is 19.6 Å². The molecule has 1 aromatic heterocycles. The predicted molar refractivity (Wildman–Crippen MR) is 152 cm³/mol. The number of methoxy groups -OCH3 is 1. The average Bonchev–Trinajstić information content (AvgIpc) is 3.47. The number of para-hydroxylation sites is 2. The third-order valence-electron chi connectivity index (χ3n) is 7.08. The fraction of sp³-hybridized carbons (Fsp3) is 0.312. The lowest BCUT2D eigenvalue weighted by Crippen LogP contribution is -2.24. The molecule has 1 aliphatic heterocycles. The van der Waals surface area contributed by atoms with Crippen molar-refractivity contribution in [2.24, 2.45) is 0 Å². The number of hydrogen-bond acceptors (Lipinski definition) is 4. The van der Waals surface area contributed by atoms with Gasteiger partial charge in [0.25, 0.3) is 0 Å². The smallest absolute Gasteiger partial charge is 0.227 e. The van der Waals surface area contributed by atoms with Gasteiger partial charge in [-0.3, -0.25) is 4.79 Å². The Morgan fingerprint density at radius 3 is 2.61 bits per heavy atom. The molecule has 6 nitrogen and oxygen atoms in total. The number of allylic oxidation sites excluding steroid dienone is 1. The second kappa shape index (κ2) is 11.1. The first-order chi connectivity index (χ1) is 18.5. The van der Waals surface area contributed by atoms with Gasteiger partial charge in [-0.25, -0.2) is 4.98 Å². The lowest BCUT2D eigenvalue weighted by Gasteiger charge is -2.19. The summed E-state index contributed by atoms with van der Waals surface area (Å²) < 4.78 is 13.9. The largest absolute Gasteiger partial charge is 0.493 e. The number of aryl methyl sites for hydroxylation is 3. The summed E-state index contributed by atoms with van der Waals surface area (Å²) in [4.78, 5) is 20.0. The van der Waals surface area contributed by atoms with Gasteiger partial charge in [-0.05, 0) is 79.8 Å². The van der Waals surface area contributed by atoms with Gasteiger partial charge < -0.3 is 18.9 Å². The van der Waals surface area contributed by atoms with E-state index in [1.165, 1.54) is 0 Å². The van der Waals surface area contributed by atoms with Crippen molar-refractivity contribution in [1.29, 1.82) is 0 Å². The number of rotatable bonds is 10. The van der Waals surface area contributed by atoms with E-state index in [1.54, 1.807) is 7.11 Å². The highest BCUT2D eigenvalue weighted by Gasteiger charge is 2.35. The molecule has 0 saturated carbocycles. The van der Waals surface area contributed by atoms with E-state index in [2.05, 4.69) is 49.3 Å². The topological polar surface area (TPSA) is 56.6 Å². The van der Waals surface area contributed by atoms with E-state index in [-0.39, 0.29) is 11.8 Å². The number of fused-ring (bicyclic) bond motifs is 1. The van der Waals surface area contributed by atoms with Crippen molar-refractivity contribution in [3.63, 3.8) is 0 Å². The predicted octanol–water partition coefficient (Wildman–Crippen LogP) is 6.38. The van der Waals surface area contributed by atoms with Crippen LogP contribution in [0.15, 0.2) is 73.3 Å². The van der Waals surface area contributed by atoms with Gasteiger partial charge in [-0.1, -0.05) is 30.3 Å². The summed E-state index contributed by atoms with van der Waals surface area (Å²) >= 11 is 0. The van der Waals surface area contributed by atoms with Gasteiger partial charge in [-0.15, -0.1) is 6.58 Å². The van der Waals surface area contributed by atoms with Crippen LogP contribution in [0.4, 0.5) is 5.69 Å². The quantitative estimate of drug-likeness (QED) is 0.184. The lowest BCUT2D eigenvalue weighted by molar-refractivity contribution is -0.117. The van der Waals surface area contributed by atoms with E-state index in [4.69, 9.17) is 14.5 Å². The van der Waals surface area contributed by atoms with Crippen molar-refractivity contribution in [2.75, 3.05) is 25.2 Å². The fourth-order valence-corrected chi connectivity index (χ4v) is 5.41. The summed E-state index contributed by atoms with van der Waals surface area (Å²) in [5.74, 6) is 2.62. The Balaban J connectivity index is 1.32. The number of hydrogen-bond donors (Lipinski definition) is 0. The number of imidazole rings is 1. The molecule has 0 radical (unpaired) electrons. The van der Waals surface area contributed by atoms with Crippen LogP contribution in [-0.2, 0) is 17.8 Å². The van der Waals surface area contributed by atoms with Gasteiger partial charge >= 0.3 is 0 Å². The second-order valence-corrected chi connectivity index (χ2v) is 10.0. The molecule has 1 fully saturated rings. The lowest BCUT2D eigenvalue weighted by atomic mass is 10.1. The maximum absolute atomic E-state index is 13.1. The Hall–Kier alpha value is -4.06.